The second-order valence-electron chi connectivity index (χ2n) is 6.94. The molecular formula is C20H19ClN6O2. The summed E-state index contributed by atoms with van der Waals surface area (Å²) in [5, 5.41) is 13.0. The van der Waals surface area contributed by atoms with Crippen molar-refractivity contribution in [3.8, 4) is 11.5 Å². The predicted octanol–water partition coefficient (Wildman–Crippen LogP) is 4.76. The first-order chi connectivity index (χ1) is 14.2. The maximum atomic E-state index is 6.63. The largest absolute Gasteiger partial charge is 0.399 e. The quantitative estimate of drug-likeness (QED) is 0.467. The standard InChI is InChI=1S/C20H19ClN6O2/c21-18-14-11-23-27(17-6-1-2-9-28-17)16(14)8-7-15(18)24-20-25-19(29-26-20)12-4-3-5-13(22)10-12/h3-5,7-8,10-11,17H,1-2,6,9,22H2,(H,24,26). The molecule has 0 bridgehead atoms. The summed E-state index contributed by atoms with van der Waals surface area (Å²) in [5.74, 6) is 0.686. The third-order valence-corrected chi connectivity index (χ3v) is 5.36. The molecular weight excluding hydrogens is 392 g/mol. The van der Waals surface area contributed by atoms with Gasteiger partial charge in [-0.3, -0.25) is 0 Å². The van der Waals surface area contributed by atoms with Gasteiger partial charge in [-0.1, -0.05) is 17.7 Å². The van der Waals surface area contributed by atoms with Crippen LogP contribution in [0.5, 0.6) is 0 Å². The van der Waals surface area contributed by atoms with Crippen LogP contribution in [-0.2, 0) is 4.74 Å². The fourth-order valence-corrected chi connectivity index (χ4v) is 3.77. The summed E-state index contributed by atoms with van der Waals surface area (Å²) >= 11 is 6.63. The van der Waals surface area contributed by atoms with E-state index in [1.165, 1.54) is 0 Å². The van der Waals surface area contributed by atoms with Crippen LogP contribution in [0.4, 0.5) is 17.3 Å². The van der Waals surface area contributed by atoms with Crippen molar-refractivity contribution < 1.29 is 9.26 Å². The number of aromatic nitrogens is 4. The Labute approximate surface area is 171 Å². The molecule has 1 aliphatic rings. The van der Waals surface area contributed by atoms with Gasteiger partial charge in [0.15, 0.2) is 6.23 Å². The normalized spacial score (nSPS) is 16.9. The van der Waals surface area contributed by atoms with Crippen LogP contribution in [0.2, 0.25) is 5.02 Å². The lowest BCUT2D eigenvalue weighted by atomic mass is 10.2. The zero-order chi connectivity index (χ0) is 19.8. The third kappa shape index (κ3) is 3.41. The van der Waals surface area contributed by atoms with Crippen molar-refractivity contribution in [1.82, 2.24) is 19.9 Å². The number of hydrogen-bond donors (Lipinski definition) is 2. The van der Waals surface area contributed by atoms with Gasteiger partial charge in [-0.05, 0) is 54.8 Å². The summed E-state index contributed by atoms with van der Waals surface area (Å²) in [7, 11) is 0. The highest BCUT2D eigenvalue weighted by atomic mass is 35.5. The number of nitrogens with one attached hydrogen (secondary N) is 1. The van der Waals surface area contributed by atoms with Crippen LogP contribution in [-0.4, -0.2) is 26.5 Å². The van der Waals surface area contributed by atoms with E-state index in [9.17, 15) is 0 Å². The third-order valence-electron chi connectivity index (χ3n) is 4.95. The summed E-state index contributed by atoms with van der Waals surface area (Å²) in [6.07, 6.45) is 4.88. The van der Waals surface area contributed by atoms with Gasteiger partial charge in [0.1, 0.15) is 0 Å². The van der Waals surface area contributed by atoms with E-state index in [0.717, 1.165) is 42.3 Å². The van der Waals surface area contributed by atoms with Crippen LogP contribution < -0.4 is 11.1 Å². The summed E-state index contributed by atoms with van der Waals surface area (Å²) in [5.41, 5.74) is 8.79. The van der Waals surface area contributed by atoms with E-state index in [4.69, 9.17) is 26.6 Å². The minimum absolute atomic E-state index is 0.0470. The van der Waals surface area contributed by atoms with E-state index in [2.05, 4.69) is 20.6 Å². The van der Waals surface area contributed by atoms with Crippen molar-refractivity contribution in [3.63, 3.8) is 0 Å². The molecule has 2 aromatic carbocycles. The maximum Gasteiger partial charge on any atom is 0.268 e. The van der Waals surface area contributed by atoms with Crippen LogP contribution in [0.15, 0.2) is 47.1 Å². The topological polar surface area (TPSA) is 104 Å². The van der Waals surface area contributed by atoms with Gasteiger partial charge in [-0.15, -0.1) is 0 Å². The molecule has 1 atom stereocenters. The van der Waals surface area contributed by atoms with Gasteiger partial charge in [0.25, 0.3) is 11.8 Å². The molecule has 0 amide bonds. The smallest absolute Gasteiger partial charge is 0.268 e. The number of nitrogens with zero attached hydrogens (tertiary/aromatic N) is 4. The van der Waals surface area contributed by atoms with Crippen molar-refractivity contribution in [1.29, 1.82) is 0 Å². The highest BCUT2D eigenvalue weighted by molar-refractivity contribution is 6.38. The van der Waals surface area contributed by atoms with Crippen LogP contribution in [0, 0.1) is 0 Å². The minimum Gasteiger partial charge on any atom is -0.399 e. The van der Waals surface area contributed by atoms with Gasteiger partial charge >= 0.3 is 0 Å². The first-order valence-electron chi connectivity index (χ1n) is 9.43. The van der Waals surface area contributed by atoms with E-state index >= 15 is 0 Å². The van der Waals surface area contributed by atoms with Crippen molar-refractivity contribution >= 4 is 39.8 Å². The lowest BCUT2D eigenvalue weighted by Crippen LogP contribution is -2.18. The molecule has 1 saturated heterocycles. The lowest BCUT2D eigenvalue weighted by molar-refractivity contribution is -0.0366. The van der Waals surface area contributed by atoms with Gasteiger partial charge in [0, 0.05) is 23.2 Å². The van der Waals surface area contributed by atoms with Gasteiger partial charge in [0.05, 0.1) is 22.4 Å². The molecule has 1 fully saturated rings. The summed E-state index contributed by atoms with van der Waals surface area (Å²) in [6, 6.07) is 11.1. The van der Waals surface area contributed by atoms with Crippen LogP contribution >= 0.6 is 11.6 Å². The Kier molecular flexibility index (Phi) is 4.57. The van der Waals surface area contributed by atoms with Gasteiger partial charge < -0.3 is 20.3 Å². The Bertz CT molecular complexity index is 1160. The van der Waals surface area contributed by atoms with E-state index in [0.29, 0.717) is 28.2 Å². The number of halogens is 1. The second kappa shape index (κ2) is 7.38. The first-order valence-corrected chi connectivity index (χ1v) is 9.81. The van der Waals surface area contributed by atoms with E-state index < -0.39 is 0 Å². The minimum atomic E-state index is -0.0470. The summed E-state index contributed by atoms with van der Waals surface area (Å²) < 4.78 is 13.1. The van der Waals surface area contributed by atoms with Crippen molar-refractivity contribution in [2.24, 2.45) is 0 Å². The average molecular weight is 411 g/mol. The summed E-state index contributed by atoms with van der Waals surface area (Å²) in [6.45, 7) is 0.757. The molecule has 1 aliphatic heterocycles. The zero-order valence-corrected chi connectivity index (χ0v) is 16.3. The number of hydrogen-bond acceptors (Lipinski definition) is 7. The SMILES string of the molecule is Nc1cccc(-c2nc(Nc3ccc4c(cnn4C4CCCCO4)c3Cl)no2)c1. The van der Waals surface area contributed by atoms with Gasteiger partial charge in [0.2, 0.25) is 0 Å². The van der Waals surface area contributed by atoms with Crippen molar-refractivity contribution in [2.75, 3.05) is 17.7 Å². The lowest BCUT2D eigenvalue weighted by Gasteiger charge is -2.23. The number of nitrogen functional groups attached to an aromatic ring is 1. The predicted molar refractivity (Wildman–Crippen MR) is 111 cm³/mol. The molecule has 0 saturated carbocycles. The Morgan fingerprint density at radius 1 is 1.21 bits per heavy atom. The Morgan fingerprint density at radius 2 is 2.14 bits per heavy atom. The number of nitrogens with two attached hydrogens (primary N) is 1. The number of rotatable bonds is 4. The van der Waals surface area contributed by atoms with Crippen LogP contribution in [0.25, 0.3) is 22.4 Å². The van der Waals surface area contributed by atoms with Crippen LogP contribution in [0.3, 0.4) is 0 Å². The van der Waals surface area contributed by atoms with Crippen molar-refractivity contribution in [2.45, 2.75) is 25.5 Å². The molecule has 0 spiro atoms. The molecule has 1 unspecified atom stereocenters. The molecule has 2 aromatic heterocycles. The molecule has 29 heavy (non-hydrogen) atoms. The Balaban J connectivity index is 1.42. The molecule has 3 N–H and O–H groups in total. The molecule has 148 valence electrons. The van der Waals surface area contributed by atoms with Crippen LogP contribution in [0.1, 0.15) is 25.5 Å². The monoisotopic (exact) mass is 410 g/mol. The zero-order valence-electron chi connectivity index (χ0n) is 15.5. The Hall–Kier alpha value is -3.10. The average Bonchev–Trinajstić information content (AvgIpc) is 3.38. The molecule has 0 aliphatic carbocycles. The maximum absolute atomic E-state index is 6.63. The highest BCUT2D eigenvalue weighted by Crippen LogP contribution is 2.35. The Morgan fingerprint density at radius 3 is 2.97 bits per heavy atom. The van der Waals surface area contributed by atoms with Gasteiger partial charge in [-0.25, -0.2) is 4.68 Å². The fraction of sp³-hybridized carbons (Fsp3) is 0.250. The first kappa shape index (κ1) is 18.0. The number of fused-ring (bicyclic) bond motifs is 1. The van der Waals surface area contributed by atoms with Crippen molar-refractivity contribution in [3.05, 3.63) is 47.6 Å². The molecule has 0 radical (unpaired) electrons. The second-order valence-corrected chi connectivity index (χ2v) is 7.32. The summed E-state index contributed by atoms with van der Waals surface area (Å²) in [4.78, 5) is 4.37. The number of benzene rings is 2. The van der Waals surface area contributed by atoms with Gasteiger partial charge in [-0.2, -0.15) is 10.1 Å². The molecule has 4 aromatic rings. The van der Waals surface area contributed by atoms with E-state index in [1.807, 2.05) is 28.9 Å². The number of ether oxygens (including phenoxy) is 1. The molecule has 5 rings (SSSR count). The molecule has 8 nitrogen and oxygen atoms in total. The molecule has 9 heteroatoms. The fourth-order valence-electron chi connectivity index (χ4n) is 3.51. The highest BCUT2D eigenvalue weighted by Gasteiger charge is 2.20. The van der Waals surface area contributed by atoms with E-state index in [1.54, 1.807) is 18.3 Å². The molecule has 3 heterocycles. The number of anilines is 3. The van der Waals surface area contributed by atoms with E-state index in [-0.39, 0.29) is 6.23 Å².